The average Bonchev–Trinajstić information content (AvgIpc) is 2.91. The van der Waals surface area contributed by atoms with Gasteiger partial charge in [-0.3, -0.25) is 0 Å². The molecule has 0 aromatic rings. The molecule has 0 fully saturated rings. The first-order valence-electron chi connectivity index (χ1n) is 8.96. The van der Waals surface area contributed by atoms with Gasteiger partial charge in [-0.25, -0.2) is 0 Å². The van der Waals surface area contributed by atoms with Gasteiger partial charge >= 0.3 is 117 Å². The van der Waals surface area contributed by atoms with Gasteiger partial charge in [-0.2, -0.15) is 0 Å². The zero-order chi connectivity index (χ0) is 18.7. The molecule has 2 atom stereocenters. The van der Waals surface area contributed by atoms with Gasteiger partial charge in [0.1, 0.15) is 0 Å². The molecule has 0 aromatic heterocycles. The Morgan fingerprint density at radius 2 is 1.17 bits per heavy atom. The third-order valence-electron chi connectivity index (χ3n) is 5.27. The van der Waals surface area contributed by atoms with Crippen molar-refractivity contribution in [2.75, 3.05) is 0 Å². The fourth-order valence-electron chi connectivity index (χ4n) is 3.04. The van der Waals surface area contributed by atoms with Crippen LogP contribution in [0.5, 0.6) is 0 Å². The van der Waals surface area contributed by atoms with Gasteiger partial charge < -0.3 is 0 Å². The number of hydrogen-bond acceptors (Lipinski definition) is 0. The summed E-state index contributed by atoms with van der Waals surface area (Å²) in [5, 5.41) is 0. The first-order valence-corrected chi connectivity index (χ1v) is 17.0. The Kier molecular flexibility index (Phi) is 9.00. The van der Waals surface area contributed by atoms with Crippen LogP contribution in [0, 0.1) is 11.8 Å². The van der Waals surface area contributed by atoms with E-state index in [1.807, 2.05) is 20.5 Å². The minimum Gasteiger partial charge on any atom is -0.146 e. The molecule has 0 aliphatic heterocycles. The van der Waals surface area contributed by atoms with Gasteiger partial charge in [0, 0.05) is 0 Å². The SMILES string of the molecule is CC1=CC(C)=[C]([Hf][C]2=C(C)C=C(C)C2C)C1C.CC[Si](Cl)(Cl)CC. The van der Waals surface area contributed by atoms with E-state index < -0.39 is 29.6 Å². The van der Waals surface area contributed by atoms with Crippen LogP contribution in [0.2, 0.25) is 12.1 Å². The predicted octanol–water partition coefficient (Wildman–Crippen LogP) is 7.75. The molecule has 2 rings (SSSR count). The molecule has 4 heteroatoms. The van der Waals surface area contributed by atoms with Crippen LogP contribution in [0.4, 0.5) is 0 Å². The standard InChI is InChI=1S/2C8H11.C4H10Cl2Si.Hf/c2*1-6-4-7(2)8(3)5-6;1-3-7(5,6)4-2;/h2*4,8H,1-3H3;3-4H2,1-2H3;. The summed E-state index contributed by atoms with van der Waals surface area (Å²) in [5.74, 6) is 1.46. The van der Waals surface area contributed by atoms with Crippen molar-refractivity contribution in [3.05, 3.63) is 41.1 Å². The maximum Gasteiger partial charge on any atom is 0.250 e. The molecule has 0 spiro atoms. The van der Waals surface area contributed by atoms with Gasteiger partial charge in [0.05, 0.1) is 0 Å². The molecule has 0 saturated carbocycles. The quantitative estimate of drug-likeness (QED) is 0.248. The largest absolute Gasteiger partial charge is 0.250 e. The third-order valence-corrected chi connectivity index (χ3v) is 18.4. The van der Waals surface area contributed by atoms with Gasteiger partial charge in [0.2, 0.25) is 0 Å². The zero-order valence-corrected chi connectivity index (χ0v) is 22.6. The zero-order valence-electron chi connectivity index (χ0n) is 16.5. The molecule has 2 unspecified atom stereocenters. The van der Waals surface area contributed by atoms with E-state index in [2.05, 4.69) is 53.7 Å². The second kappa shape index (κ2) is 9.53. The van der Waals surface area contributed by atoms with Crippen LogP contribution in [-0.2, 0) is 22.9 Å². The summed E-state index contributed by atoms with van der Waals surface area (Å²) in [7, 11) is 0. The monoisotopic (exact) mass is 550 g/mol. The maximum atomic E-state index is 5.81. The van der Waals surface area contributed by atoms with E-state index in [1.54, 1.807) is 22.3 Å². The number of rotatable bonds is 4. The van der Waals surface area contributed by atoms with E-state index in [9.17, 15) is 0 Å². The van der Waals surface area contributed by atoms with Gasteiger partial charge in [-0.05, 0) is 12.1 Å². The van der Waals surface area contributed by atoms with Crippen molar-refractivity contribution in [2.45, 2.75) is 67.5 Å². The molecule has 24 heavy (non-hydrogen) atoms. The molecule has 0 bridgehead atoms. The van der Waals surface area contributed by atoms with E-state index in [4.69, 9.17) is 22.2 Å². The van der Waals surface area contributed by atoms with Crippen molar-refractivity contribution in [1.82, 2.24) is 0 Å². The Hall–Kier alpha value is 0.627. The maximum absolute atomic E-state index is 5.81. The Bertz CT molecular complexity index is 547. The minimum absolute atomic E-state index is 0.728. The average molecular weight is 550 g/mol. The van der Waals surface area contributed by atoms with E-state index in [0.717, 1.165) is 23.9 Å². The normalized spacial score (nSPS) is 23.9. The fraction of sp³-hybridized carbons (Fsp3) is 0.600. The van der Waals surface area contributed by atoms with E-state index >= 15 is 0 Å². The summed E-state index contributed by atoms with van der Waals surface area (Å²) >= 11 is 10.8. The van der Waals surface area contributed by atoms with Crippen molar-refractivity contribution in [3.63, 3.8) is 0 Å². The molecule has 0 N–H and O–H groups in total. The topological polar surface area (TPSA) is 0 Å². The summed E-state index contributed by atoms with van der Waals surface area (Å²) in [4.78, 5) is 0. The molecule has 2 aliphatic rings. The van der Waals surface area contributed by atoms with Crippen LogP contribution in [0.15, 0.2) is 41.1 Å². The van der Waals surface area contributed by atoms with Crippen molar-refractivity contribution < 1.29 is 22.9 Å². The van der Waals surface area contributed by atoms with Gasteiger partial charge in [-0.15, -0.1) is 22.2 Å². The second-order valence-corrected chi connectivity index (χ2v) is 19.9. The van der Waals surface area contributed by atoms with Crippen LogP contribution < -0.4 is 0 Å². The Morgan fingerprint density at radius 1 is 0.833 bits per heavy atom. The minimum atomic E-state index is -1.71. The van der Waals surface area contributed by atoms with Crippen molar-refractivity contribution >= 4 is 28.9 Å². The Labute approximate surface area is 171 Å². The van der Waals surface area contributed by atoms with Crippen LogP contribution in [0.25, 0.3) is 0 Å². The number of halogens is 2. The van der Waals surface area contributed by atoms with Crippen molar-refractivity contribution in [1.29, 1.82) is 0 Å². The number of hydrogen-bond donors (Lipinski definition) is 0. The molecular formula is C20H32Cl2HfSi. The summed E-state index contributed by atoms with van der Waals surface area (Å²) in [6, 6.07) is 1.93. The molecule has 0 saturated heterocycles. The van der Waals surface area contributed by atoms with E-state index in [0.29, 0.717) is 0 Å². The molecule has 0 nitrogen and oxygen atoms in total. The van der Waals surface area contributed by atoms with Crippen LogP contribution in [-0.4, -0.2) is 6.69 Å². The van der Waals surface area contributed by atoms with Gasteiger partial charge in [0.25, 0.3) is 6.69 Å². The van der Waals surface area contributed by atoms with Crippen molar-refractivity contribution in [3.8, 4) is 0 Å². The predicted molar refractivity (Wildman–Crippen MR) is 110 cm³/mol. The molecule has 134 valence electrons. The summed E-state index contributed by atoms with van der Waals surface area (Å²) in [5.41, 5.74) is 6.29. The molecule has 2 aliphatic carbocycles. The van der Waals surface area contributed by atoms with Crippen LogP contribution >= 0.6 is 22.2 Å². The summed E-state index contributed by atoms with van der Waals surface area (Å²) in [6.45, 7) is 16.3. The van der Waals surface area contributed by atoms with Crippen molar-refractivity contribution in [2.24, 2.45) is 11.8 Å². The second-order valence-electron chi connectivity index (χ2n) is 7.10. The van der Waals surface area contributed by atoms with Gasteiger partial charge in [0.15, 0.2) is 0 Å². The first-order chi connectivity index (χ1) is 11.0. The third kappa shape index (κ3) is 5.82. The Morgan fingerprint density at radius 3 is 1.33 bits per heavy atom. The first kappa shape index (κ1) is 22.7. The van der Waals surface area contributed by atoms with E-state index in [1.165, 1.54) is 0 Å². The molecule has 0 aromatic carbocycles. The summed E-state index contributed by atoms with van der Waals surface area (Å²) < 4.78 is 3.65. The fourth-order valence-corrected chi connectivity index (χ4v) is 9.70. The summed E-state index contributed by atoms with van der Waals surface area (Å²) in [6.07, 6.45) is 4.81. The molecule has 0 radical (unpaired) electrons. The Balaban J connectivity index is 0.000000351. The van der Waals surface area contributed by atoms with E-state index in [-0.39, 0.29) is 0 Å². The van der Waals surface area contributed by atoms with Crippen LogP contribution in [0.1, 0.15) is 55.4 Å². The molecule has 0 heterocycles. The molecule has 0 amide bonds. The molecular weight excluding hydrogens is 518 g/mol. The smallest absolute Gasteiger partial charge is 0.146 e. The van der Waals surface area contributed by atoms with Crippen LogP contribution in [0.3, 0.4) is 0 Å². The number of allylic oxidation sites excluding steroid dienone is 8. The van der Waals surface area contributed by atoms with Gasteiger partial charge in [-0.1, -0.05) is 13.8 Å².